The lowest BCUT2D eigenvalue weighted by Crippen LogP contribution is -2.48. The molecule has 0 spiro atoms. The molecule has 0 bridgehead atoms. The van der Waals surface area contributed by atoms with Gasteiger partial charge in [-0.05, 0) is 45.1 Å². The average Bonchev–Trinajstić information content (AvgIpc) is 2.48. The molecule has 2 aliphatic rings. The predicted octanol–water partition coefficient (Wildman–Crippen LogP) is 3.83. The summed E-state index contributed by atoms with van der Waals surface area (Å²) in [4.78, 5) is 14.9. The fraction of sp³-hybridized carbons (Fsp3) is 0.611. The molecule has 1 heterocycles. The lowest BCUT2D eigenvalue weighted by atomic mass is 9.78. The Labute approximate surface area is 122 Å². The third kappa shape index (κ3) is 2.95. The molecule has 1 aromatic rings. The van der Waals surface area contributed by atoms with E-state index in [0.717, 1.165) is 18.0 Å². The van der Waals surface area contributed by atoms with E-state index in [0.29, 0.717) is 12.6 Å². The largest absolute Gasteiger partial charge is 0.293 e. The van der Waals surface area contributed by atoms with Crippen molar-refractivity contribution >= 4 is 5.78 Å². The van der Waals surface area contributed by atoms with E-state index in [4.69, 9.17) is 0 Å². The maximum Gasteiger partial charge on any atom is 0.176 e. The lowest BCUT2D eigenvalue weighted by Gasteiger charge is -2.43. The average molecular weight is 271 g/mol. The summed E-state index contributed by atoms with van der Waals surface area (Å²) in [5.41, 5.74) is 2.08. The number of carbonyl (C=O) groups is 1. The normalized spacial score (nSPS) is 27.1. The number of carbonyl (C=O) groups excluding carboxylic acids is 1. The lowest BCUT2D eigenvalue weighted by molar-refractivity contribution is 0.0539. The quantitative estimate of drug-likeness (QED) is 0.779. The van der Waals surface area contributed by atoms with Crippen molar-refractivity contribution in [1.82, 2.24) is 4.90 Å². The summed E-state index contributed by atoms with van der Waals surface area (Å²) in [6, 6.07) is 8.69. The van der Waals surface area contributed by atoms with Crippen LogP contribution in [0, 0.1) is 12.8 Å². The molecule has 2 heteroatoms. The van der Waals surface area contributed by atoms with Crippen molar-refractivity contribution in [1.29, 1.82) is 0 Å². The number of piperidine rings is 1. The molecule has 1 aromatic carbocycles. The summed E-state index contributed by atoms with van der Waals surface area (Å²) in [5.74, 6) is 1.14. The number of nitrogens with zero attached hydrogens (tertiary/aromatic N) is 1. The van der Waals surface area contributed by atoms with Crippen LogP contribution in [0.5, 0.6) is 0 Å². The van der Waals surface area contributed by atoms with Gasteiger partial charge in [0.05, 0.1) is 6.54 Å². The van der Waals surface area contributed by atoms with Crippen molar-refractivity contribution in [2.45, 2.75) is 51.5 Å². The first kappa shape index (κ1) is 13.8. The van der Waals surface area contributed by atoms with Crippen LogP contribution in [0.15, 0.2) is 24.3 Å². The van der Waals surface area contributed by atoms with Crippen molar-refractivity contribution in [3.8, 4) is 0 Å². The SMILES string of the molecule is Cc1ccc(C(=O)CN2CCC[C@H]3CCCC[C@H]32)cc1. The van der Waals surface area contributed by atoms with Gasteiger partial charge in [-0.3, -0.25) is 9.69 Å². The van der Waals surface area contributed by atoms with E-state index in [-0.39, 0.29) is 5.78 Å². The minimum Gasteiger partial charge on any atom is -0.293 e. The highest BCUT2D eigenvalue weighted by molar-refractivity contribution is 5.97. The van der Waals surface area contributed by atoms with Gasteiger partial charge >= 0.3 is 0 Å². The van der Waals surface area contributed by atoms with E-state index < -0.39 is 0 Å². The van der Waals surface area contributed by atoms with E-state index in [2.05, 4.69) is 11.8 Å². The maximum absolute atomic E-state index is 12.5. The Kier molecular flexibility index (Phi) is 4.21. The first-order valence-corrected chi connectivity index (χ1v) is 8.08. The number of Topliss-reactive ketones (excluding diaryl/α,β-unsaturated/α-hetero) is 1. The van der Waals surface area contributed by atoms with Crippen LogP contribution in [0.25, 0.3) is 0 Å². The Hall–Kier alpha value is -1.15. The molecule has 1 saturated carbocycles. The molecule has 0 radical (unpaired) electrons. The number of benzene rings is 1. The first-order chi connectivity index (χ1) is 9.74. The summed E-state index contributed by atoms with van der Waals surface area (Å²) in [6.45, 7) is 3.79. The number of fused-ring (bicyclic) bond motifs is 1. The van der Waals surface area contributed by atoms with Crippen LogP contribution in [-0.2, 0) is 0 Å². The van der Waals surface area contributed by atoms with Gasteiger partial charge < -0.3 is 0 Å². The monoisotopic (exact) mass is 271 g/mol. The fourth-order valence-corrected chi connectivity index (χ4v) is 3.94. The van der Waals surface area contributed by atoms with Gasteiger partial charge in [0.25, 0.3) is 0 Å². The van der Waals surface area contributed by atoms with Gasteiger partial charge in [-0.1, -0.05) is 42.7 Å². The minimum atomic E-state index is 0.288. The molecule has 20 heavy (non-hydrogen) atoms. The van der Waals surface area contributed by atoms with Crippen molar-refractivity contribution in [2.75, 3.05) is 13.1 Å². The molecule has 108 valence electrons. The standard InChI is InChI=1S/C18H25NO/c1-14-8-10-16(11-9-14)18(20)13-19-12-4-6-15-5-2-3-7-17(15)19/h8-11,15,17H,2-7,12-13H2,1H3/t15-,17-/m1/s1. The topological polar surface area (TPSA) is 20.3 Å². The Balaban J connectivity index is 1.66. The number of likely N-dealkylation sites (tertiary alicyclic amines) is 1. The van der Waals surface area contributed by atoms with Crippen LogP contribution in [0.4, 0.5) is 0 Å². The zero-order valence-corrected chi connectivity index (χ0v) is 12.5. The van der Waals surface area contributed by atoms with Gasteiger partial charge in [0.15, 0.2) is 5.78 Å². The fourth-order valence-electron chi connectivity index (χ4n) is 3.94. The van der Waals surface area contributed by atoms with Gasteiger partial charge in [-0.25, -0.2) is 0 Å². The summed E-state index contributed by atoms with van der Waals surface area (Å²) in [5, 5.41) is 0. The molecule has 1 aliphatic carbocycles. The summed E-state index contributed by atoms with van der Waals surface area (Å²) in [6.07, 6.45) is 8.05. The molecule has 2 atom stereocenters. The van der Waals surface area contributed by atoms with Crippen molar-refractivity contribution in [3.05, 3.63) is 35.4 Å². The molecule has 3 rings (SSSR count). The first-order valence-electron chi connectivity index (χ1n) is 8.08. The van der Waals surface area contributed by atoms with Gasteiger partial charge in [-0.15, -0.1) is 0 Å². The minimum absolute atomic E-state index is 0.288. The predicted molar refractivity (Wildman–Crippen MR) is 82.1 cm³/mol. The summed E-state index contributed by atoms with van der Waals surface area (Å²) >= 11 is 0. The van der Waals surface area contributed by atoms with Crippen LogP contribution in [0.2, 0.25) is 0 Å². The Morgan fingerprint density at radius 3 is 2.60 bits per heavy atom. The van der Waals surface area contributed by atoms with Crippen molar-refractivity contribution in [3.63, 3.8) is 0 Å². The number of hydrogen-bond acceptors (Lipinski definition) is 2. The van der Waals surface area contributed by atoms with Crippen LogP contribution >= 0.6 is 0 Å². The second-order valence-corrected chi connectivity index (χ2v) is 6.51. The molecular formula is C18H25NO. The molecule has 1 aliphatic heterocycles. The molecule has 2 fully saturated rings. The molecule has 0 amide bonds. The Bertz CT molecular complexity index is 463. The van der Waals surface area contributed by atoms with Crippen LogP contribution in [-0.4, -0.2) is 29.8 Å². The number of hydrogen-bond donors (Lipinski definition) is 0. The highest BCUT2D eigenvalue weighted by Gasteiger charge is 2.33. The zero-order valence-electron chi connectivity index (χ0n) is 12.5. The third-order valence-electron chi connectivity index (χ3n) is 5.08. The molecule has 0 unspecified atom stereocenters. The van der Waals surface area contributed by atoms with Crippen LogP contribution in [0.1, 0.15) is 54.4 Å². The van der Waals surface area contributed by atoms with E-state index in [9.17, 15) is 4.79 Å². The Morgan fingerprint density at radius 1 is 1.10 bits per heavy atom. The van der Waals surface area contributed by atoms with Crippen LogP contribution in [0.3, 0.4) is 0 Å². The third-order valence-corrected chi connectivity index (χ3v) is 5.08. The highest BCUT2D eigenvalue weighted by atomic mass is 16.1. The molecule has 0 N–H and O–H groups in total. The van der Waals surface area contributed by atoms with Gasteiger partial charge in [0.1, 0.15) is 0 Å². The Morgan fingerprint density at radius 2 is 1.80 bits per heavy atom. The van der Waals surface area contributed by atoms with Crippen molar-refractivity contribution in [2.24, 2.45) is 5.92 Å². The highest BCUT2D eigenvalue weighted by Crippen LogP contribution is 2.35. The smallest absolute Gasteiger partial charge is 0.176 e. The second-order valence-electron chi connectivity index (χ2n) is 6.51. The van der Waals surface area contributed by atoms with Gasteiger partial charge in [0, 0.05) is 11.6 Å². The number of aryl methyl sites for hydroxylation is 1. The van der Waals surface area contributed by atoms with E-state index in [1.807, 2.05) is 24.3 Å². The molecular weight excluding hydrogens is 246 g/mol. The second kappa shape index (κ2) is 6.09. The summed E-state index contributed by atoms with van der Waals surface area (Å²) in [7, 11) is 0. The van der Waals surface area contributed by atoms with E-state index in [1.54, 1.807) is 0 Å². The van der Waals surface area contributed by atoms with Gasteiger partial charge in [-0.2, -0.15) is 0 Å². The number of ketones is 1. The van der Waals surface area contributed by atoms with Crippen LogP contribution < -0.4 is 0 Å². The maximum atomic E-state index is 12.5. The molecule has 2 nitrogen and oxygen atoms in total. The van der Waals surface area contributed by atoms with Gasteiger partial charge in [0.2, 0.25) is 0 Å². The summed E-state index contributed by atoms with van der Waals surface area (Å²) < 4.78 is 0. The number of rotatable bonds is 3. The van der Waals surface area contributed by atoms with E-state index >= 15 is 0 Å². The zero-order chi connectivity index (χ0) is 13.9. The van der Waals surface area contributed by atoms with Crippen molar-refractivity contribution < 1.29 is 4.79 Å². The van der Waals surface area contributed by atoms with E-state index in [1.165, 1.54) is 44.1 Å². The molecule has 0 aromatic heterocycles. The molecule has 1 saturated heterocycles.